The molecule has 3 N–H and O–H groups in total. The molecule has 0 spiro atoms. The molecule has 0 aromatic heterocycles. The van der Waals surface area contributed by atoms with Crippen molar-refractivity contribution < 1.29 is 14.7 Å². The second kappa shape index (κ2) is 9.03. The van der Waals surface area contributed by atoms with Crippen LogP contribution in [0.25, 0.3) is 0 Å². The summed E-state index contributed by atoms with van der Waals surface area (Å²) >= 11 is 0. The molecule has 0 bridgehead atoms. The summed E-state index contributed by atoms with van der Waals surface area (Å²) in [6.45, 7) is 7.63. The Kier molecular flexibility index (Phi) is 7.03. The van der Waals surface area contributed by atoms with Gasteiger partial charge in [0.2, 0.25) is 0 Å². The Morgan fingerprint density at radius 1 is 1.23 bits per heavy atom. The van der Waals surface area contributed by atoms with Gasteiger partial charge in [0.15, 0.2) is 0 Å². The topological polar surface area (TPSA) is 81.7 Å². The standard InChI is InChI=1S/C20H31N3O3/c1-4-23(13-18(24)25)17-10-16(11-17)22-19(26)21-14-20(2,3)12-15-8-6-5-7-9-15/h5-9,16-17H,4,10-14H2,1-3H3,(H,24,25)(H2,21,22,26). The molecule has 2 amide bonds. The Morgan fingerprint density at radius 3 is 2.46 bits per heavy atom. The minimum absolute atomic E-state index is 0.0264. The van der Waals surface area contributed by atoms with Crippen molar-refractivity contribution >= 4 is 12.0 Å². The number of rotatable bonds is 9. The highest BCUT2D eigenvalue weighted by Crippen LogP contribution is 2.25. The van der Waals surface area contributed by atoms with Gasteiger partial charge in [0.1, 0.15) is 0 Å². The molecule has 1 aromatic rings. The summed E-state index contributed by atoms with van der Waals surface area (Å²) in [6, 6.07) is 10.5. The average molecular weight is 361 g/mol. The Bertz CT molecular complexity index is 598. The van der Waals surface area contributed by atoms with E-state index in [0.29, 0.717) is 13.1 Å². The van der Waals surface area contributed by atoms with Gasteiger partial charge in [-0.2, -0.15) is 0 Å². The molecule has 0 saturated heterocycles. The Labute approximate surface area is 156 Å². The third-order valence-electron chi connectivity index (χ3n) is 4.96. The lowest BCUT2D eigenvalue weighted by Gasteiger charge is -2.42. The van der Waals surface area contributed by atoms with E-state index in [-0.39, 0.29) is 30.1 Å². The molecule has 1 aromatic carbocycles. The maximum Gasteiger partial charge on any atom is 0.317 e. The summed E-state index contributed by atoms with van der Waals surface area (Å²) in [5.74, 6) is -0.804. The first-order valence-corrected chi connectivity index (χ1v) is 9.33. The van der Waals surface area contributed by atoms with Crippen LogP contribution < -0.4 is 10.6 Å². The van der Waals surface area contributed by atoms with E-state index in [2.05, 4.69) is 36.6 Å². The van der Waals surface area contributed by atoms with Crippen LogP contribution in [0.4, 0.5) is 4.79 Å². The maximum absolute atomic E-state index is 12.1. The van der Waals surface area contributed by atoms with Gasteiger partial charge in [-0.3, -0.25) is 9.69 Å². The molecule has 1 fully saturated rings. The van der Waals surface area contributed by atoms with Crippen LogP contribution in [0.15, 0.2) is 30.3 Å². The Morgan fingerprint density at radius 2 is 1.88 bits per heavy atom. The second-order valence-corrected chi connectivity index (χ2v) is 7.93. The first-order valence-electron chi connectivity index (χ1n) is 9.33. The van der Waals surface area contributed by atoms with Crippen molar-refractivity contribution in [2.45, 2.75) is 52.1 Å². The predicted octanol–water partition coefficient (Wildman–Crippen LogP) is 2.49. The van der Waals surface area contributed by atoms with Crippen molar-refractivity contribution in [3.63, 3.8) is 0 Å². The number of carboxylic acid groups (broad SMARTS) is 1. The van der Waals surface area contributed by atoms with E-state index in [1.165, 1.54) is 5.56 Å². The first kappa shape index (κ1) is 20.2. The number of urea groups is 1. The molecule has 0 unspecified atom stereocenters. The Hall–Kier alpha value is -2.08. The third kappa shape index (κ3) is 6.33. The van der Waals surface area contributed by atoms with Crippen LogP contribution in [0.3, 0.4) is 0 Å². The van der Waals surface area contributed by atoms with Crippen LogP contribution >= 0.6 is 0 Å². The number of carboxylic acids is 1. The van der Waals surface area contributed by atoms with Crippen molar-refractivity contribution in [3.8, 4) is 0 Å². The number of carbonyl (C=O) groups excluding carboxylic acids is 1. The van der Waals surface area contributed by atoms with Crippen molar-refractivity contribution in [2.24, 2.45) is 5.41 Å². The van der Waals surface area contributed by atoms with Gasteiger partial charge in [-0.15, -0.1) is 0 Å². The summed E-state index contributed by atoms with van der Waals surface area (Å²) in [4.78, 5) is 24.9. The van der Waals surface area contributed by atoms with Gasteiger partial charge in [0, 0.05) is 18.6 Å². The zero-order valence-electron chi connectivity index (χ0n) is 16.0. The molecule has 0 radical (unpaired) electrons. The minimum atomic E-state index is -0.804. The van der Waals surface area contributed by atoms with Gasteiger partial charge in [-0.05, 0) is 36.8 Å². The summed E-state index contributed by atoms with van der Waals surface area (Å²) in [5, 5.41) is 14.9. The maximum atomic E-state index is 12.1. The summed E-state index contributed by atoms with van der Waals surface area (Å²) < 4.78 is 0. The van der Waals surface area contributed by atoms with Gasteiger partial charge >= 0.3 is 12.0 Å². The molecule has 144 valence electrons. The number of hydrogen-bond acceptors (Lipinski definition) is 3. The number of carbonyl (C=O) groups is 2. The number of aliphatic carboxylic acids is 1. The van der Waals surface area contributed by atoms with Crippen LogP contribution in [0.1, 0.15) is 39.2 Å². The largest absolute Gasteiger partial charge is 0.480 e. The molecule has 0 aliphatic heterocycles. The number of amides is 2. The minimum Gasteiger partial charge on any atom is -0.480 e. The van der Waals surface area contributed by atoms with E-state index in [1.54, 1.807) is 0 Å². The zero-order chi connectivity index (χ0) is 19.2. The van der Waals surface area contributed by atoms with E-state index >= 15 is 0 Å². The smallest absolute Gasteiger partial charge is 0.317 e. The van der Waals surface area contributed by atoms with Crippen LogP contribution in [0.5, 0.6) is 0 Å². The molecule has 6 nitrogen and oxygen atoms in total. The average Bonchev–Trinajstić information content (AvgIpc) is 2.54. The molecule has 0 atom stereocenters. The van der Waals surface area contributed by atoms with E-state index < -0.39 is 5.97 Å². The highest BCUT2D eigenvalue weighted by Gasteiger charge is 2.34. The number of nitrogens with zero attached hydrogens (tertiary/aromatic N) is 1. The molecule has 1 saturated carbocycles. The molecule has 1 aliphatic carbocycles. The van der Waals surface area contributed by atoms with Crippen LogP contribution in [-0.4, -0.2) is 53.7 Å². The lowest BCUT2D eigenvalue weighted by atomic mass is 9.85. The van der Waals surface area contributed by atoms with Crippen molar-refractivity contribution in [1.29, 1.82) is 0 Å². The fraction of sp³-hybridized carbons (Fsp3) is 0.600. The fourth-order valence-corrected chi connectivity index (χ4v) is 3.44. The highest BCUT2D eigenvalue weighted by atomic mass is 16.4. The van der Waals surface area contributed by atoms with Crippen molar-refractivity contribution in [1.82, 2.24) is 15.5 Å². The second-order valence-electron chi connectivity index (χ2n) is 7.93. The number of benzene rings is 1. The normalized spacial score (nSPS) is 19.7. The first-order chi connectivity index (χ1) is 12.3. The fourth-order valence-electron chi connectivity index (χ4n) is 3.44. The van der Waals surface area contributed by atoms with Crippen molar-refractivity contribution in [3.05, 3.63) is 35.9 Å². The third-order valence-corrected chi connectivity index (χ3v) is 4.96. The lowest BCUT2D eigenvalue weighted by molar-refractivity contribution is -0.139. The van der Waals surface area contributed by atoms with Gasteiger partial charge < -0.3 is 15.7 Å². The number of nitrogens with one attached hydrogen (secondary N) is 2. The summed E-state index contributed by atoms with van der Waals surface area (Å²) in [5.41, 5.74) is 1.24. The summed E-state index contributed by atoms with van der Waals surface area (Å²) in [7, 11) is 0. The van der Waals surface area contributed by atoms with Gasteiger partial charge in [0.25, 0.3) is 0 Å². The van der Waals surface area contributed by atoms with E-state index in [4.69, 9.17) is 5.11 Å². The van der Waals surface area contributed by atoms with E-state index in [9.17, 15) is 9.59 Å². The Balaban J connectivity index is 1.69. The van der Waals surface area contributed by atoms with Crippen molar-refractivity contribution in [2.75, 3.05) is 19.6 Å². The lowest BCUT2D eigenvalue weighted by Crippen LogP contribution is -2.56. The highest BCUT2D eigenvalue weighted by molar-refractivity contribution is 5.74. The quantitative estimate of drug-likeness (QED) is 0.631. The van der Waals surface area contributed by atoms with E-state index in [0.717, 1.165) is 19.3 Å². The van der Waals surface area contributed by atoms with Gasteiger partial charge in [0.05, 0.1) is 6.54 Å². The molecule has 26 heavy (non-hydrogen) atoms. The van der Waals surface area contributed by atoms with Crippen LogP contribution in [0, 0.1) is 5.41 Å². The zero-order valence-corrected chi connectivity index (χ0v) is 16.0. The predicted molar refractivity (Wildman–Crippen MR) is 102 cm³/mol. The summed E-state index contributed by atoms with van der Waals surface area (Å²) in [6.07, 6.45) is 2.52. The molecule has 6 heteroatoms. The van der Waals surface area contributed by atoms with Crippen LogP contribution in [0.2, 0.25) is 0 Å². The number of hydrogen-bond donors (Lipinski definition) is 3. The van der Waals surface area contributed by atoms with E-state index in [1.807, 2.05) is 30.0 Å². The molecular weight excluding hydrogens is 330 g/mol. The molecule has 0 heterocycles. The molecular formula is C20H31N3O3. The molecule has 1 aliphatic rings. The monoisotopic (exact) mass is 361 g/mol. The van der Waals surface area contributed by atoms with Gasteiger partial charge in [-0.25, -0.2) is 4.79 Å². The van der Waals surface area contributed by atoms with Gasteiger partial charge in [-0.1, -0.05) is 51.1 Å². The SMILES string of the molecule is CCN(CC(=O)O)C1CC(NC(=O)NCC(C)(C)Cc2ccccc2)C1. The van der Waals surface area contributed by atoms with Crippen LogP contribution in [-0.2, 0) is 11.2 Å². The molecule has 2 rings (SSSR count). The number of likely N-dealkylation sites (N-methyl/N-ethyl adjacent to an activating group) is 1.